The fourth-order valence-corrected chi connectivity index (χ4v) is 2.96. The Morgan fingerprint density at radius 1 is 1.41 bits per heavy atom. The zero-order valence-electron chi connectivity index (χ0n) is 12.7. The molecule has 1 aliphatic rings. The van der Waals surface area contributed by atoms with E-state index in [0.717, 1.165) is 26.4 Å². The van der Waals surface area contributed by atoms with Gasteiger partial charge in [-0.05, 0) is 19.3 Å². The molecule has 22 heavy (non-hydrogen) atoms. The van der Waals surface area contributed by atoms with Crippen LogP contribution < -0.4 is 5.73 Å². The number of hydrogen-bond donors (Lipinski definition) is 3. The molecule has 0 radical (unpaired) electrons. The molecule has 4 atom stereocenters. The van der Waals surface area contributed by atoms with Gasteiger partial charge in [-0.15, -0.1) is 0 Å². The molecule has 0 bridgehead atoms. The number of aliphatic hydroxyl groups excluding tert-OH is 1. The Bertz CT molecular complexity index is 608. The molecule has 4 unspecified atom stereocenters. The largest absolute Gasteiger partial charge is 0.400 e. The molecule has 1 saturated heterocycles. The Labute approximate surface area is 130 Å². The van der Waals surface area contributed by atoms with Crippen LogP contribution >= 0.6 is 8.81 Å². The lowest BCUT2D eigenvalue weighted by Crippen LogP contribution is -2.14. The Balaban J connectivity index is 0.000000847. The molecule has 122 valence electrons. The molecule has 1 aliphatic heterocycles. The smallest absolute Gasteiger partial charge is 0.167 e. The zero-order valence-corrected chi connectivity index (χ0v) is 13.7. The lowest BCUT2D eigenvalue weighted by Gasteiger charge is -2.17. The van der Waals surface area contributed by atoms with Gasteiger partial charge in [-0.1, -0.05) is 6.92 Å². The van der Waals surface area contributed by atoms with Crippen molar-refractivity contribution in [3.05, 3.63) is 12.7 Å². The normalized spacial score (nSPS) is 22.9. The summed E-state index contributed by atoms with van der Waals surface area (Å²) in [7, 11) is 0.969. The summed E-state index contributed by atoms with van der Waals surface area (Å²) in [6.45, 7) is 2.04. The number of anilines is 1. The SMILES string of the molecule is CC(CC1CCC(n2cnc3c(N)ncnc32)O1)PO.CO. The van der Waals surface area contributed by atoms with E-state index >= 15 is 0 Å². The first-order valence-corrected chi connectivity index (χ1v) is 8.14. The number of hydrogen-bond acceptors (Lipinski definition) is 7. The molecule has 0 aliphatic carbocycles. The van der Waals surface area contributed by atoms with Crippen LogP contribution in [0.25, 0.3) is 11.2 Å². The molecular formula is C13H22N5O3P. The van der Waals surface area contributed by atoms with Crippen LogP contribution in [-0.2, 0) is 4.74 Å². The van der Waals surface area contributed by atoms with E-state index in [1.54, 1.807) is 6.33 Å². The van der Waals surface area contributed by atoms with Crippen molar-refractivity contribution in [3.63, 3.8) is 0 Å². The van der Waals surface area contributed by atoms with Crippen molar-refractivity contribution in [2.24, 2.45) is 0 Å². The van der Waals surface area contributed by atoms with Crippen molar-refractivity contribution < 1.29 is 14.7 Å². The van der Waals surface area contributed by atoms with Crippen LogP contribution in [0.4, 0.5) is 5.82 Å². The second-order valence-electron chi connectivity index (χ2n) is 5.14. The van der Waals surface area contributed by atoms with Gasteiger partial charge in [0, 0.05) is 21.6 Å². The predicted molar refractivity (Wildman–Crippen MR) is 85.6 cm³/mol. The minimum atomic E-state index is -0.0615. The first kappa shape index (κ1) is 17.0. The van der Waals surface area contributed by atoms with Crippen molar-refractivity contribution in [1.82, 2.24) is 19.5 Å². The average molecular weight is 327 g/mol. The van der Waals surface area contributed by atoms with Gasteiger partial charge in [-0.2, -0.15) is 0 Å². The summed E-state index contributed by atoms with van der Waals surface area (Å²) in [4.78, 5) is 21.6. The van der Waals surface area contributed by atoms with Crippen LogP contribution in [-0.4, -0.2) is 48.4 Å². The molecule has 2 aromatic heterocycles. The molecule has 0 spiro atoms. The highest BCUT2D eigenvalue weighted by Crippen LogP contribution is 2.34. The van der Waals surface area contributed by atoms with E-state index in [-0.39, 0.29) is 26.8 Å². The van der Waals surface area contributed by atoms with Gasteiger partial charge >= 0.3 is 0 Å². The molecule has 8 nitrogen and oxygen atoms in total. The first-order valence-electron chi connectivity index (χ1n) is 7.12. The number of nitrogens with two attached hydrogens (primary N) is 1. The minimum Gasteiger partial charge on any atom is -0.400 e. The molecule has 3 rings (SSSR count). The lowest BCUT2D eigenvalue weighted by atomic mass is 10.1. The monoisotopic (exact) mass is 327 g/mol. The Morgan fingerprint density at radius 3 is 2.91 bits per heavy atom. The third kappa shape index (κ3) is 3.52. The second-order valence-corrected chi connectivity index (χ2v) is 6.38. The number of rotatable bonds is 4. The molecule has 2 aromatic rings. The molecule has 3 heterocycles. The number of nitrogens with zero attached hydrogens (tertiary/aromatic N) is 4. The maximum atomic E-state index is 9.14. The molecule has 0 saturated carbocycles. The van der Waals surface area contributed by atoms with Crippen LogP contribution in [0.15, 0.2) is 12.7 Å². The van der Waals surface area contributed by atoms with Gasteiger partial charge in [-0.25, -0.2) is 15.0 Å². The quantitative estimate of drug-likeness (QED) is 0.718. The Hall–Kier alpha value is -1.34. The summed E-state index contributed by atoms with van der Waals surface area (Å²) in [6, 6.07) is 0. The number of aliphatic hydroxyl groups is 1. The summed E-state index contributed by atoms with van der Waals surface area (Å²) >= 11 is 0. The van der Waals surface area contributed by atoms with Gasteiger partial charge < -0.3 is 20.5 Å². The number of aromatic nitrogens is 4. The third-order valence-corrected chi connectivity index (χ3v) is 4.30. The van der Waals surface area contributed by atoms with Gasteiger partial charge in [0.1, 0.15) is 18.1 Å². The third-order valence-electron chi connectivity index (χ3n) is 3.62. The van der Waals surface area contributed by atoms with Crippen molar-refractivity contribution in [2.75, 3.05) is 12.8 Å². The number of nitrogen functional groups attached to an aromatic ring is 1. The van der Waals surface area contributed by atoms with Crippen molar-refractivity contribution >= 4 is 25.8 Å². The van der Waals surface area contributed by atoms with Crippen molar-refractivity contribution in [2.45, 2.75) is 44.2 Å². The topological polar surface area (TPSA) is 119 Å². The standard InChI is InChI=1S/C12H18N5O2P.CH4O/c1-7(20-18)4-8-2-3-9(19-8)17-6-16-10-11(13)14-5-15-12(10)17;1-2/h5-9,18,20H,2-4H2,1H3,(H2,13,14,15);2H,1H3. The lowest BCUT2D eigenvalue weighted by molar-refractivity contribution is 0.000848. The van der Waals surface area contributed by atoms with E-state index in [0.29, 0.717) is 17.0 Å². The summed E-state index contributed by atoms with van der Waals surface area (Å²) in [5.74, 6) is 0.387. The molecule has 4 N–H and O–H groups in total. The van der Waals surface area contributed by atoms with Gasteiger partial charge in [0.15, 0.2) is 11.5 Å². The van der Waals surface area contributed by atoms with Crippen molar-refractivity contribution in [1.29, 1.82) is 0 Å². The van der Waals surface area contributed by atoms with Crippen LogP contribution in [0, 0.1) is 0 Å². The fraction of sp³-hybridized carbons (Fsp3) is 0.615. The molecule has 0 amide bonds. The summed E-state index contributed by atoms with van der Waals surface area (Å²) in [5, 5.41) is 7.00. The van der Waals surface area contributed by atoms with E-state index in [1.807, 2.05) is 11.5 Å². The van der Waals surface area contributed by atoms with E-state index in [4.69, 9.17) is 20.5 Å². The predicted octanol–water partition coefficient (Wildman–Crippen LogP) is 1.06. The maximum absolute atomic E-state index is 9.14. The van der Waals surface area contributed by atoms with Gasteiger partial charge in [-0.3, -0.25) is 4.57 Å². The van der Waals surface area contributed by atoms with E-state index in [9.17, 15) is 0 Å². The number of ether oxygens (including phenoxy) is 1. The summed E-state index contributed by atoms with van der Waals surface area (Å²) in [6.07, 6.45) is 6.06. The van der Waals surface area contributed by atoms with Gasteiger partial charge in [0.25, 0.3) is 0 Å². The highest BCUT2D eigenvalue weighted by Gasteiger charge is 2.29. The van der Waals surface area contributed by atoms with Gasteiger partial charge in [0.2, 0.25) is 0 Å². The zero-order chi connectivity index (χ0) is 16.1. The number of imidazole rings is 1. The van der Waals surface area contributed by atoms with E-state index in [1.165, 1.54) is 6.33 Å². The van der Waals surface area contributed by atoms with E-state index in [2.05, 4.69) is 15.0 Å². The summed E-state index contributed by atoms with van der Waals surface area (Å²) in [5.41, 5.74) is 7.40. The molecule has 1 fully saturated rings. The fourth-order valence-electron chi connectivity index (χ4n) is 2.59. The highest BCUT2D eigenvalue weighted by atomic mass is 31.1. The first-order chi connectivity index (χ1) is 10.7. The average Bonchev–Trinajstić information content (AvgIpc) is 3.16. The van der Waals surface area contributed by atoms with E-state index < -0.39 is 0 Å². The van der Waals surface area contributed by atoms with Crippen LogP contribution in [0.2, 0.25) is 0 Å². The van der Waals surface area contributed by atoms with Crippen LogP contribution in [0.3, 0.4) is 0 Å². The maximum Gasteiger partial charge on any atom is 0.167 e. The van der Waals surface area contributed by atoms with Gasteiger partial charge in [0.05, 0.1) is 12.4 Å². The Kier molecular flexibility index (Phi) is 6.02. The van der Waals surface area contributed by atoms with Crippen molar-refractivity contribution in [3.8, 4) is 0 Å². The molecule has 9 heteroatoms. The van der Waals surface area contributed by atoms with Crippen LogP contribution in [0.5, 0.6) is 0 Å². The minimum absolute atomic E-state index is 0.0306. The highest BCUT2D eigenvalue weighted by molar-refractivity contribution is 7.31. The molecule has 0 aromatic carbocycles. The Morgan fingerprint density at radius 2 is 2.18 bits per heavy atom. The number of fused-ring (bicyclic) bond motifs is 1. The van der Waals surface area contributed by atoms with Crippen LogP contribution in [0.1, 0.15) is 32.4 Å². The molecular weight excluding hydrogens is 305 g/mol. The summed E-state index contributed by atoms with van der Waals surface area (Å²) < 4.78 is 7.96. The second kappa shape index (κ2) is 7.78.